The number of nitrogens with zero attached hydrogens (tertiary/aromatic N) is 4. The number of aromatic nitrogens is 4. The Morgan fingerprint density at radius 1 is 1.33 bits per heavy atom. The molecule has 2 aromatic rings. The fraction of sp³-hybridized carbons (Fsp3) is 0.200. The molecule has 2 rings (SSSR count). The maximum Gasteiger partial charge on any atom is 0.171 e. The average Bonchev–Trinajstić information content (AvgIpc) is 2.76. The van der Waals surface area contributed by atoms with Crippen LogP contribution in [0.2, 0.25) is 0 Å². The van der Waals surface area contributed by atoms with Gasteiger partial charge >= 0.3 is 0 Å². The maximum atomic E-state index is 10.4. The Balaban J connectivity index is 1.96. The molecule has 0 saturated carbocycles. The van der Waals surface area contributed by atoms with Crippen LogP contribution in [0.4, 0.5) is 0 Å². The molecular formula is C10H10N4O. The molecule has 0 aliphatic heterocycles. The molecule has 5 heteroatoms. The van der Waals surface area contributed by atoms with Crippen LogP contribution in [0.3, 0.4) is 0 Å². The molecule has 0 spiro atoms. The number of aryl methyl sites for hydroxylation is 2. The molecule has 2 heterocycles. The zero-order valence-electron chi connectivity index (χ0n) is 8.08. The van der Waals surface area contributed by atoms with Crippen molar-refractivity contribution in [3.63, 3.8) is 0 Å². The largest absolute Gasteiger partial charge is 0.296 e. The van der Waals surface area contributed by atoms with E-state index < -0.39 is 0 Å². The first-order valence-electron chi connectivity index (χ1n) is 4.63. The molecule has 0 atom stereocenters. The first-order chi connectivity index (χ1) is 7.38. The molecule has 0 aromatic carbocycles. The van der Waals surface area contributed by atoms with Crippen LogP contribution in [0, 0.1) is 0 Å². The van der Waals surface area contributed by atoms with Gasteiger partial charge in [-0.2, -0.15) is 0 Å². The molecule has 2 aromatic heterocycles. The minimum absolute atomic E-state index is 0.365. The first-order valence-corrected chi connectivity index (χ1v) is 4.63. The lowest BCUT2D eigenvalue weighted by Crippen LogP contribution is -2.02. The summed E-state index contributed by atoms with van der Waals surface area (Å²) in [7, 11) is 0. The highest BCUT2D eigenvalue weighted by Crippen LogP contribution is 1.99. The molecule has 0 N–H and O–H groups in total. The zero-order chi connectivity index (χ0) is 10.5. The van der Waals surface area contributed by atoms with Crippen molar-refractivity contribution < 1.29 is 4.79 Å². The SMILES string of the molecule is O=Cc1cn(CCc2ccncc2)nn1. The summed E-state index contributed by atoms with van der Waals surface area (Å²) in [5, 5.41) is 7.50. The summed E-state index contributed by atoms with van der Waals surface area (Å²) in [5.41, 5.74) is 1.55. The van der Waals surface area contributed by atoms with Crippen molar-refractivity contribution in [3.05, 3.63) is 42.0 Å². The highest BCUT2D eigenvalue weighted by molar-refractivity contribution is 5.70. The lowest BCUT2D eigenvalue weighted by molar-refractivity contribution is 0.111. The second kappa shape index (κ2) is 4.45. The molecule has 15 heavy (non-hydrogen) atoms. The summed E-state index contributed by atoms with van der Waals surface area (Å²) in [6.07, 6.45) is 6.69. The quantitative estimate of drug-likeness (QED) is 0.686. The highest BCUT2D eigenvalue weighted by Gasteiger charge is 1.98. The van der Waals surface area contributed by atoms with E-state index in [9.17, 15) is 4.79 Å². The van der Waals surface area contributed by atoms with Gasteiger partial charge in [0.05, 0.1) is 6.20 Å². The third kappa shape index (κ3) is 2.46. The van der Waals surface area contributed by atoms with Gasteiger partial charge < -0.3 is 0 Å². The van der Waals surface area contributed by atoms with Crippen LogP contribution in [0.15, 0.2) is 30.7 Å². The van der Waals surface area contributed by atoms with Crippen molar-refractivity contribution in [3.8, 4) is 0 Å². The van der Waals surface area contributed by atoms with Gasteiger partial charge in [0, 0.05) is 18.9 Å². The topological polar surface area (TPSA) is 60.7 Å². The van der Waals surface area contributed by atoms with Gasteiger partial charge in [0.15, 0.2) is 6.29 Å². The second-order valence-electron chi connectivity index (χ2n) is 3.13. The summed E-state index contributed by atoms with van der Waals surface area (Å²) in [4.78, 5) is 14.3. The minimum Gasteiger partial charge on any atom is -0.296 e. The third-order valence-corrected chi connectivity index (χ3v) is 2.06. The van der Waals surface area contributed by atoms with E-state index in [1.165, 1.54) is 5.56 Å². The normalized spacial score (nSPS) is 10.1. The van der Waals surface area contributed by atoms with Crippen LogP contribution in [-0.4, -0.2) is 26.3 Å². The summed E-state index contributed by atoms with van der Waals surface area (Å²) in [6.45, 7) is 0.713. The summed E-state index contributed by atoms with van der Waals surface area (Å²) in [6, 6.07) is 3.91. The van der Waals surface area contributed by atoms with Gasteiger partial charge in [-0.3, -0.25) is 14.5 Å². The number of aldehydes is 1. The smallest absolute Gasteiger partial charge is 0.171 e. The minimum atomic E-state index is 0.365. The number of carbonyl (C=O) groups excluding carboxylic acids is 1. The standard InChI is InChI=1S/C10H10N4O/c15-8-10-7-14(13-12-10)6-3-9-1-4-11-5-2-9/h1-2,4-5,7-8H,3,6H2. The second-order valence-corrected chi connectivity index (χ2v) is 3.13. The Morgan fingerprint density at radius 3 is 2.80 bits per heavy atom. The molecule has 0 unspecified atom stereocenters. The van der Waals surface area contributed by atoms with Gasteiger partial charge in [0.25, 0.3) is 0 Å². The van der Waals surface area contributed by atoms with Gasteiger partial charge in [0.2, 0.25) is 0 Å². The Labute approximate surface area is 86.8 Å². The lowest BCUT2D eigenvalue weighted by Gasteiger charge is -1.99. The van der Waals surface area contributed by atoms with Gasteiger partial charge in [-0.25, -0.2) is 0 Å². The van der Waals surface area contributed by atoms with Crippen molar-refractivity contribution in [2.24, 2.45) is 0 Å². The Kier molecular flexibility index (Phi) is 2.82. The first kappa shape index (κ1) is 9.51. The van der Waals surface area contributed by atoms with Crippen molar-refractivity contribution in [1.29, 1.82) is 0 Å². The van der Waals surface area contributed by atoms with Crippen LogP contribution in [-0.2, 0) is 13.0 Å². The third-order valence-electron chi connectivity index (χ3n) is 2.06. The molecule has 0 aliphatic carbocycles. The van der Waals surface area contributed by atoms with E-state index in [0.29, 0.717) is 18.5 Å². The van der Waals surface area contributed by atoms with E-state index in [4.69, 9.17) is 0 Å². The molecular weight excluding hydrogens is 192 g/mol. The van der Waals surface area contributed by atoms with Crippen LogP contribution in [0.25, 0.3) is 0 Å². The van der Waals surface area contributed by atoms with E-state index in [0.717, 1.165) is 6.42 Å². The fourth-order valence-corrected chi connectivity index (χ4v) is 1.27. The van der Waals surface area contributed by atoms with Crippen LogP contribution < -0.4 is 0 Å². The van der Waals surface area contributed by atoms with Crippen molar-refractivity contribution in [1.82, 2.24) is 20.0 Å². The molecule has 0 amide bonds. The molecule has 5 nitrogen and oxygen atoms in total. The van der Waals surface area contributed by atoms with Crippen molar-refractivity contribution >= 4 is 6.29 Å². The number of carbonyl (C=O) groups is 1. The number of rotatable bonds is 4. The van der Waals surface area contributed by atoms with Gasteiger partial charge in [0.1, 0.15) is 5.69 Å². The van der Waals surface area contributed by atoms with E-state index >= 15 is 0 Å². The predicted molar refractivity (Wildman–Crippen MR) is 53.4 cm³/mol. The molecule has 0 fully saturated rings. The van der Waals surface area contributed by atoms with Crippen LogP contribution >= 0.6 is 0 Å². The molecule has 0 saturated heterocycles. The van der Waals surface area contributed by atoms with Crippen molar-refractivity contribution in [2.45, 2.75) is 13.0 Å². The van der Waals surface area contributed by atoms with E-state index in [1.54, 1.807) is 23.3 Å². The molecule has 0 radical (unpaired) electrons. The number of pyridine rings is 1. The van der Waals surface area contributed by atoms with Gasteiger partial charge in [-0.1, -0.05) is 5.21 Å². The Morgan fingerprint density at radius 2 is 2.13 bits per heavy atom. The summed E-state index contributed by atoms with van der Waals surface area (Å²) < 4.78 is 1.66. The Hall–Kier alpha value is -2.04. The molecule has 0 bridgehead atoms. The monoisotopic (exact) mass is 202 g/mol. The lowest BCUT2D eigenvalue weighted by atomic mass is 10.2. The van der Waals surface area contributed by atoms with Crippen LogP contribution in [0.5, 0.6) is 0 Å². The zero-order valence-corrected chi connectivity index (χ0v) is 8.08. The predicted octanol–water partition coefficient (Wildman–Crippen LogP) is 0.728. The number of hydrogen-bond acceptors (Lipinski definition) is 4. The van der Waals surface area contributed by atoms with Crippen LogP contribution in [0.1, 0.15) is 16.1 Å². The van der Waals surface area contributed by atoms with Crippen molar-refractivity contribution in [2.75, 3.05) is 0 Å². The summed E-state index contributed by atoms with van der Waals surface area (Å²) >= 11 is 0. The molecule has 76 valence electrons. The maximum absolute atomic E-state index is 10.4. The van der Waals surface area contributed by atoms with E-state index in [-0.39, 0.29) is 0 Å². The molecule has 0 aliphatic rings. The van der Waals surface area contributed by atoms with E-state index in [1.807, 2.05) is 12.1 Å². The van der Waals surface area contributed by atoms with Gasteiger partial charge in [-0.05, 0) is 24.1 Å². The summed E-state index contributed by atoms with van der Waals surface area (Å²) in [5.74, 6) is 0. The van der Waals surface area contributed by atoms with Gasteiger partial charge in [-0.15, -0.1) is 5.10 Å². The number of hydrogen-bond donors (Lipinski definition) is 0. The highest BCUT2D eigenvalue weighted by atomic mass is 16.1. The fourth-order valence-electron chi connectivity index (χ4n) is 1.27. The Bertz CT molecular complexity index is 438. The van der Waals surface area contributed by atoms with E-state index in [2.05, 4.69) is 15.3 Å². The average molecular weight is 202 g/mol.